The number of piperidine rings is 1. The minimum atomic E-state index is 0.600. The van der Waals surface area contributed by atoms with Crippen molar-refractivity contribution in [1.29, 1.82) is 0 Å². The maximum absolute atomic E-state index is 6.11. The molecule has 0 bridgehead atoms. The van der Waals surface area contributed by atoms with Gasteiger partial charge in [0.2, 0.25) is 0 Å². The van der Waals surface area contributed by atoms with Crippen LogP contribution in [0.5, 0.6) is 0 Å². The van der Waals surface area contributed by atoms with Gasteiger partial charge in [-0.2, -0.15) is 0 Å². The quantitative estimate of drug-likeness (QED) is 0.916. The van der Waals surface area contributed by atoms with Crippen LogP contribution < -0.4 is 5.73 Å². The second-order valence-electron chi connectivity index (χ2n) is 7.13. The van der Waals surface area contributed by atoms with Gasteiger partial charge in [-0.05, 0) is 49.6 Å². The molecule has 2 aliphatic rings. The molecule has 1 heterocycles. The smallest absolute Gasteiger partial charge is 0.0224 e. The van der Waals surface area contributed by atoms with Crippen LogP contribution in [0.15, 0.2) is 30.3 Å². The van der Waals surface area contributed by atoms with Gasteiger partial charge in [-0.25, -0.2) is 0 Å². The molecule has 2 fully saturated rings. The summed E-state index contributed by atoms with van der Waals surface area (Å²) in [5.74, 6) is 1.55. The third kappa shape index (κ3) is 3.32. The predicted molar refractivity (Wildman–Crippen MR) is 89.4 cm³/mol. The second kappa shape index (κ2) is 6.93. The Labute approximate surface area is 129 Å². The topological polar surface area (TPSA) is 29.3 Å². The van der Waals surface area contributed by atoms with Crippen molar-refractivity contribution in [2.45, 2.75) is 63.5 Å². The number of rotatable bonds is 3. The average molecular weight is 286 g/mol. The van der Waals surface area contributed by atoms with E-state index in [4.69, 9.17) is 5.73 Å². The van der Waals surface area contributed by atoms with Crippen LogP contribution in [0.2, 0.25) is 0 Å². The molecule has 1 saturated carbocycles. The lowest BCUT2D eigenvalue weighted by atomic mass is 9.77. The molecule has 1 aromatic carbocycles. The summed E-state index contributed by atoms with van der Waals surface area (Å²) in [6.07, 6.45) is 8.09. The van der Waals surface area contributed by atoms with Gasteiger partial charge in [0.1, 0.15) is 0 Å². The number of nitrogens with zero attached hydrogens (tertiary/aromatic N) is 1. The van der Waals surface area contributed by atoms with Crippen molar-refractivity contribution >= 4 is 0 Å². The van der Waals surface area contributed by atoms with E-state index in [1.807, 2.05) is 0 Å². The number of nitrogens with two attached hydrogens (primary N) is 1. The van der Waals surface area contributed by atoms with E-state index in [9.17, 15) is 0 Å². The first-order valence-corrected chi connectivity index (χ1v) is 8.80. The summed E-state index contributed by atoms with van der Waals surface area (Å²) >= 11 is 0. The lowest BCUT2D eigenvalue weighted by Gasteiger charge is -2.47. The largest absolute Gasteiger partial charge is 0.329 e. The average Bonchev–Trinajstić information content (AvgIpc) is 2.55. The number of likely N-dealkylation sites (tertiary alicyclic amines) is 1. The fraction of sp³-hybridized carbons (Fsp3) is 0.684. The Morgan fingerprint density at radius 3 is 2.62 bits per heavy atom. The standard InChI is InChI=1S/C19H30N2/c1-15-11-12-21(17(13-15)14-20)19-10-6-5-9-18(19)16-7-3-2-4-8-16/h2-4,7-8,15,17-19H,5-6,9-14,20H2,1H3. The first kappa shape index (κ1) is 15.1. The van der Waals surface area contributed by atoms with Crippen molar-refractivity contribution in [3.05, 3.63) is 35.9 Å². The van der Waals surface area contributed by atoms with Gasteiger partial charge in [0.05, 0.1) is 0 Å². The summed E-state index contributed by atoms with van der Waals surface area (Å²) in [7, 11) is 0. The predicted octanol–water partition coefficient (Wildman–Crippen LogP) is 3.77. The minimum Gasteiger partial charge on any atom is -0.329 e. The first-order chi connectivity index (χ1) is 10.3. The zero-order valence-electron chi connectivity index (χ0n) is 13.4. The molecule has 2 N–H and O–H groups in total. The Balaban J connectivity index is 1.80. The van der Waals surface area contributed by atoms with Gasteiger partial charge in [0.15, 0.2) is 0 Å². The van der Waals surface area contributed by atoms with Gasteiger partial charge in [-0.15, -0.1) is 0 Å². The molecular weight excluding hydrogens is 256 g/mol. The van der Waals surface area contributed by atoms with Crippen molar-refractivity contribution < 1.29 is 0 Å². The molecule has 1 aliphatic carbocycles. The summed E-state index contributed by atoms with van der Waals surface area (Å²) in [6.45, 7) is 4.45. The molecule has 0 aromatic heterocycles. The Morgan fingerprint density at radius 2 is 1.86 bits per heavy atom. The van der Waals surface area contributed by atoms with Crippen LogP contribution in [-0.4, -0.2) is 30.1 Å². The number of hydrogen-bond donors (Lipinski definition) is 1. The summed E-state index contributed by atoms with van der Waals surface area (Å²) in [6, 6.07) is 12.5. The van der Waals surface area contributed by atoms with E-state index in [1.54, 1.807) is 0 Å². The molecule has 0 spiro atoms. The first-order valence-electron chi connectivity index (χ1n) is 8.80. The SMILES string of the molecule is CC1CCN(C2CCCCC2c2ccccc2)C(CN)C1. The molecular formula is C19H30N2. The van der Waals surface area contributed by atoms with Gasteiger partial charge < -0.3 is 5.73 Å². The molecule has 2 heteroatoms. The highest BCUT2D eigenvalue weighted by molar-refractivity contribution is 5.22. The normalized spacial score (nSPS) is 34.8. The highest BCUT2D eigenvalue weighted by Crippen LogP contribution is 2.39. The molecule has 3 rings (SSSR count). The monoisotopic (exact) mass is 286 g/mol. The molecule has 4 unspecified atom stereocenters. The van der Waals surface area contributed by atoms with E-state index < -0.39 is 0 Å². The summed E-state index contributed by atoms with van der Waals surface area (Å²) < 4.78 is 0. The molecule has 4 atom stereocenters. The highest BCUT2D eigenvalue weighted by Gasteiger charge is 2.36. The molecule has 1 aromatic rings. The molecule has 21 heavy (non-hydrogen) atoms. The van der Waals surface area contributed by atoms with Gasteiger partial charge in [-0.1, -0.05) is 50.1 Å². The third-order valence-corrected chi connectivity index (χ3v) is 5.68. The van der Waals surface area contributed by atoms with Crippen LogP contribution in [0.25, 0.3) is 0 Å². The molecule has 116 valence electrons. The summed E-state index contributed by atoms with van der Waals surface area (Å²) in [5, 5.41) is 0. The lowest BCUT2D eigenvalue weighted by molar-refractivity contribution is 0.0462. The maximum Gasteiger partial charge on any atom is 0.0224 e. The van der Waals surface area contributed by atoms with E-state index >= 15 is 0 Å². The van der Waals surface area contributed by atoms with E-state index in [2.05, 4.69) is 42.2 Å². The molecule has 2 nitrogen and oxygen atoms in total. The van der Waals surface area contributed by atoms with Crippen molar-refractivity contribution in [3.8, 4) is 0 Å². The Morgan fingerprint density at radius 1 is 1.10 bits per heavy atom. The van der Waals surface area contributed by atoms with Crippen LogP contribution >= 0.6 is 0 Å². The van der Waals surface area contributed by atoms with Crippen LogP contribution in [0.4, 0.5) is 0 Å². The lowest BCUT2D eigenvalue weighted by Crippen LogP contribution is -2.53. The van der Waals surface area contributed by atoms with Crippen molar-refractivity contribution in [2.75, 3.05) is 13.1 Å². The number of benzene rings is 1. The summed E-state index contributed by atoms with van der Waals surface area (Å²) in [4.78, 5) is 2.77. The van der Waals surface area contributed by atoms with Gasteiger partial charge >= 0.3 is 0 Å². The fourth-order valence-electron chi connectivity index (χ4n) is 4.54. The minimum absolute atomic E-state index is 0.600. The van der Waals surface area contributed by atoms with Gasteiger partial charge in [-0.3, -0.25) is 4.90 Å². The highest BCUT2D eigenvalue weighted by atomic mass is 15.2. The van der Waals surface area contributed by atoms with Crippen LogP contribution in [-0.2, 0) is 0 Å². The molecule has 1 saturated heterocycles. The second-order valence-corrected chi connectivity index (χ2v) is 7.13. The van der Waals surface area contributed by atoms with Crippen molar-refractivity contribution in [1.82, 2.24) is 4.90 Å². The van der Waals surface area contributed by atoms with E-state index in [-0.39, 0.29) is 0 Å². The van der Waals surface area contributed by atoms with E-state index in [1.165, 1.54) is 50.6 Å². The zero-order valence-corrected chi connectivity index (χ0v) is 13.4. The molecule has 0 amide bonds. The zero-order chi connectivity index (χ0) is 14.7. The fourth-order valence-corrected chi connectivity index (χ4v) is 4.54. The summed E-state index contributed by atoms with van der Waals surface area (Å²) in [5.41, 5.74) is 7.64. The van der Waals surface area contributed by atoms with Crippen molar-refractivity contribution in [3.63, 3.8) is 0 Å². The van der Waals surface area contributed by atoms with E-state index in [0.717, 1.165) is 12.5 Å². The van der Waals surface area contributed by atoms with Gasteiger partial charge in [0, 0.05) is 18.6 Å². The number of hydrogen-bond acceptors (Lipinski definition) is 2. The van der Waals surface area contributed by atoms with E-state index in [0.29, 0.717) is 18.0 Å². The van der Waals surface area contributed by atoms with Crippen molar-refractivity contribution in [2.24, 2.45) is 11.7 Å². The Bertz CT molecular complexity index is 430. The van der Waals surface area contributed by atoms with Crippen LogP contribution in [0, 0.1) is 5.92 Å². The Kier molecular flexibility index (Phi) is 4.97. The van der Waals surface area contributed by atoms with Crippen LogP contribution in [0.3, 0.4) is 0 Å². The maximum atomic E-state index is 6.11. The van der Waals surface area contributed by atoms with Crippen LogP contribution in [0.1, 0.15) is 56.9 Å². The third-order valence-electron chi connectivity index (χ3n) is 5.68. The van der Waals surface area contributed by atoms with Gasteiger partial charge in [0.25, 0.3) is 0 Å². The molecule has 1 aliphatic heterocycles. The molecule has 0 radical (unpaired) electrons. The Hall–Kier alpha value is -0.860.